The van der Waals surface area contributed by atoms with Crippen molar-refractivity contribution >= 4 is 10.8 Å². The highest BCUT2D eigenvalue weighted by Gasteiger charge is 2.36. The summed E-state index contributed by atoms with van der Waals surface area (Å²) >= 11 is 0. The summed E-state index contributed by atoms with van der Waals surface area (Å²) in [5.74, 6) is 2.93. The largest absolute Gasteiger partial charge is 0.496 e. The molecule has 4 aromatic carbocycles. The summed E-state index contributed by atoms with van der Waals surface area (Å²) in [5, 5.41) is 16.2. The SMILES string of the molecule is COCCOCC(O)CO[C@@H]1CNC[C@@H](OCc2cc(OC)c3ccccc3c2)[C@H]1c1ccc(OCCCOc2ccccc2OC)cc1. The number of nitrogens with one attached hydrogen (secondary N) is 1. The highest BCUT2D eigenvalue weighted by atomic mass is 16.5. The predicted molar refractivity (Wildman–Crippen MR) is 188 cm³/mol. The van der Waals surface area contributed by atoms with Crippen molar-refractivity contribution in [2.45, 2.75) is 37.3 Å². The Labute approximate surface area is 289 Å². The van der Waals surface area contributed by atoms with Crippen LogP contribution in [-0.4, -0.2) is 97.5 Å². The zero-order valence-electron chi connectivity index (χ0n) is 28.7. The minimum atomic E-state index is -0.758. The summed E-state index contributed by atoms with van der Waals surface area (Å²) in [6, 6.07) is 28.1. The molecule has 10 nitrogen and oxygen atoms in total. The van der Waals surface area contributed by atoms with Gasteiger partial charge in [-0.3, -0.25) is 0 Å². The van der Waals surface area contributed by atoms with Gasteiger partial charge in [-0.1, -0.05) is 48.5 Å². The zero-order chi connectivity index (χ0) is 34.3. The van der Waals surface area contributed by atoms with E-state index in [1.165, 1.54) is 0 Å². The summed E-state index contributed by atoms with van der Waals surface area (Å²) in [7, 11) is 4.94. The van der Waals surface area contributed by atoms with Gasteiger partial charge < -0.3 is 48.3 Å². The lowest BCUT2D eigenvalue weighted by molar-refractivity contribution is -0.0896. The standard InChI is InChI=1S/C39H49NO9/c1-42-19-20-45-26-31(41)27-49-38-24-40-23-37(48-25-28-21-30-9-4-5-10-33(30)36(22-28)44-3)39(38)29-13-15-32(16-14-29)46-17-8-18-47-35-12-7-6-11-34(35)43-2/h4-7,9-16,21-22,31,37-41H,8,17-20,23-27H2,1-3H3/t31?,37-,38-,39-/m1/s1. The Hall–Kier alpha value is -3.90. The predicted octanol–water partition coefficient (Wildman–Crippen LogP) is 5.39. The summed E-state index contributed by atoms with van der Waals surface area (Å²) in [4.78, 5) is 0. The molecule has 5 rings (SSSR count). The van der Waals surface area contributed by atoms with E-state index in [1.54, 1.807) is 21.3 Å². The first-order valence-corrected chi connectivity index (χ1v) is 16.8. The molecule has 10 heteroatoms. The molecular weight excluding hydrogens is 626 g/mol. The molecule has 1 aliphatic rings. The van der Waals surface area contributed by atoms with E-state index in [9.17, 15) is 5.11 Å². The molecule has 1 unspecified atom stereocenters. The third-order valence-corrected chi connectivity index (χ3v) is 8.45. The second kappa shape index (κ2) is 19.3. The monoisotopic (exact) mass is 675 g/mol. The molecule has 0 spiro atoms. The minimum Gasteiger partial charge on any atom is -0.496 e. The van der Waals surface area contributed by atoms with Crippen LogP contribution in [0, 0.1) is 0 Å². The van der Waals surface area contributed by atoms with E-state index in [1.807, 2.05) is 54.6 Å². The second-order valence-corrected chi connectivity index (χ2v) is 11.9. The van der Waals surface area contributed by atoms with Gasteiger partial charge in [0.2, 0.25) is 0 Å². The number of rotatable bonds is 20. The van der Waals surface area contributed by atoms with Crippen LogP contribution in [0.3, 0.4) is 0 Å². The molecule has 1 heterocycles. The van der Waals surface area contributed by atoms with Crippen LogP contribution in [0.5, 0.6) is 23.0 Å². The van der Waals surface area contributed by atoms with Gasteiger partial charge in [0, 0.05) is 37.9 Å². The summed E-state index contributed by atoms with van der Waals surface area (Å²) in [6.45, 7) is 3.91. The van der Waals surface area contributed by atoms with Gasteiger partial charge in [0.15, 0.2) is 11.5 Å². The Bertz CT molecular complexity index is 1550. The quantitative estimate of drug-likeness (QED) is 0.119. The minimum absolute atomic E-state index is 0.0893. The van der Waals surface area contributed by atoms with E-state index in [2.05, 4.69) is 35.6 Å². The molecule has 4 atom stereocenters. The molecule has 264 valence electrons. The van der Waals surface area contributed by atoms with Gasteiger partial charge >= 0.3 is 0 Å². The lowest BCUT2D eigenvalue weighted by Crippen LogP contribution is -2.51. The number of hydrogen-bond acceptors (Lipinski definition) is 10. The number of piperidine rings is 1. The normalized spacial score (nSPS) is 18.2. The van der Waals surface area contributed by atoms with Crippen molar-refractivity contribution in [2.24, 2.45) is 0 Å². The van der Waals surface area contributed by atoms with E-state index >= 15 is 0 Å². The summed E-state index contributed by atoms with van der Waals surface area (Å²) in [6.07, 6.45) is -0.467. The van der Waals surface area contributed by atoms with Gasteiger partial charge in [-0.05, 0) is 52.9 Å². The first-order valence-electron chi connectivity index (χ1n) is 16.8. The number of aliphatic hydroxyl groups is 1. The van der Waals surface area contributed by atoms with Crippen LogP contribution in [-0.2, 0) is 25.6 Å². The Morgan fingerprint density at radius 3 is 2.20 bits per heavy atom. The fraction of sp³-hybridized carbons (Fsp3) is 0.436. The van der Waals surface area contributed by atoms with Gasteiger partial charge in [0.05, 0.1) is 72.7 Å². The summed E-state index contributed by atoms with van der Waals surface area (Å²) in [5.41, 5.74) is 2.10. The van der Waals surface area contributed by atoms with Crippen LogP contribution in [0.1, 0.15) is 23.5 Å². The third-order valence-electron chi connectivity index (χ3n) is 8.45. The highest BCUT2D eigenvalue weighted by Crippen LogP contribution is 2.33. The number of hydrogen-bond donors (Lipinski definition) is 2. The molecule has 4 aromatic rings. The Morgan fingerprint density at radius 2 is 1.43 bits per heavy atom. The number of benzene rings is 4. The van der Waals surface area contributed by atoms with Crippen molar-refractivity contribution in [3.05, 3.63) is 96.1 Å². The smallest absolute Gasteiger partial charge is 0.161 e. The molecule has 1 aliphatic heterocycles. The van der Waals surface area contributed by atoms with Gasteiger partial charge in [0.25, 0.3) is 0 Å². The van der Waals surface area contributed by atoms with Gasteiger partial charge in [-0.2, -0.15) is 0 Å². The molecule has 1 fully saturated rings. The van der Waals surface area contributed by atoms with Crippen molar-refractivity contribution in [2.75, 3.05) is 74.1 Å². The number of aliphatic hydroxyl groups excluding tert-OH is 1. The Balaban J connectivity index is 1.23. The molecule has 0 aromatic heterocycles. The molecule has 0 bridgehead atoms. The molecule has 49 heavy (non-hydrogen) atoms. The van der Waals surface area contributed by atoms with E-state index in [-0.39, 0.29) is 31.3 Å². The number of ether oxygens (including phenoxy) is 8. The lowest BCUT2D eigenvalue weighted by atomic mass is 9.85. The second-order valence-electron chi connectivity index (χ2n) is 11.9. The van der Waals surface area contributed by atoms with Crippen molar-refractivity contribution in [3.63, 3.8) is 0 Å². The molecule has 0 radical (unpaired) electrons. The lowest BCUT2D eigenvalue weighted by Gasteiger charge is -2.39. The molecule has 0 amide bonds. The van der Waals surface area contributed by atoms with Crippen LogP contribution < -0.4 is 24.3 Å². The van der Waals surface area contributed by atoms with Crippen LogP contribution in [0.25, 0.3) is 10.8 Å². The highest BCUT2D eigenvalue weighted by molar-refractivity contribution is 5.89. The first-order chi connectivity index (χ1) is 24.1. The average Bonchev–Trinajstić information content (AvgIpc) is 3.14. The zero-order valence-corrected chi connectivity index (χ0v) is 28.7. The van der Waals surface area contributed by atoms with Crippen molar-refractivity contribution < 1.29 is 43.0 Å². The van der Waals surface area contributed by atoms with Gasteiger partial charge in [-0.25, -0.2) is 0 Å². The molecule has 0 aliphatic carbocycles. The fourth-order valence-corrected chi connectivity index (χ4v) is 6.01. The fourth-order valence-electron chi connectivity index (χ4n) is 6.01. The molecular formula is C39H49NO9. The Morgan fingerprint density at radius 1 is 0.714 bits per heavy atom. The van der Waals surface area contributed by atoms with E-state index in [0.717, 1.165) is 45.6 Å². The van der Waals surface area contributed by atoms with Crippen molar-refractivity contribution in [3.8, 4) is 23.0 Å². The van der Waals surface area contributed by atoms with Gasteiger partial charge in [-0.15, -0.1) is 0 Å². The maximum atomic E-state index is 10.6. The maximum Gasteiger partial charge on any atom is 0.161 e. The molecule has 0 saturated carbocycles. The van der Waals surface area contributed by atoms with Crippen LogP contribution >= 0.6 is 0 Å². The Kier molecular flexibility index (Phi) is 14.4. The van der Waals surface area contributed by atoms with Gasteiger partial charge in [0.1, 0.15) is 17.6 Å². The van der Waals surface area contributed by atoms with Crippen molar-refractivity contribution in [1.29, 1.82) is 0 Å². The molecule has 1 saturated heterocycles. The number of methoxy groups -OCH3 is 3. The van der Waals surface area contributed by atoms with Crippen molar-refractivity contribution in [1.82, 2.24) is 5.32 Å². The topological polar surface area (TPSA) is 106 Å². The van der Waals surface area contributed by atoms with Crippen LogP contribution in [0.4, 0.5) is 0 Å². The summed E-state index contributed by atoms with van der Waals surface area (Å²) < 4.78 is 46.5. The van der Waals surface area contributed by atoms with E-state index in [0.29, 0.717) is 51.9 Å². The number of para-hydroxylation sites is 2. The third kappa shape index (κ3) is 10.5. The van der Waals surface area contributed by atoms with E-state index in [4.69, 9.17) is 37.9 Å². The maximum absolute atomic E-state index is 10.6. The first kappa shape index (κ1) is 36.4. The van der Waals surface area contributed by atoms with Crippen LogP contribution in [0.15, 0.2) is 84.9 Å². The average molecular weight is 676 g/mol. The number of fused-ring (bicyclic) bond motifs is 1. The van der Waals surface area contributed by atoms with E-state index < -0.39 is 6.10 Å². The van der Waals surface area contributed by atoms with Crippen LogP contribution in [0.2, 0.25) is 0 Å². The molecule has 2 N–H and O–H groups in total.